The molecule has 0 saturated carbocycles. The van der Waals surface area contributed by atoms with Crippen molar-refractivity contribution < 1.29 is 18.0 Å². The van der Waals surface area contributed by atoms with Crippen molar-refractivity contribution >= 4 is 17.3 Å². The van der Waals surface area contributed by atoms with Crippen LogP contribution in [0.3, 0.4) is 0 Å². The molecular formula is C19H17F3N2O. The number of alkyl halides is 3. The van der Waals surface area contributed by atoms with Gasteiger partial charge in [0.25, 0.3) is 0 Å². The van der Waals surface area contributed by atoms with Gasteiger partial charge in [-0.05, 0) is 60.4 Å². The van der Waals surface area contributed by atoms with Crippen LogP contribution in [0.2, 0.25) is 0 Å². The number of anilines is 2. The molecular weight excluding hydrogens is 329 g/mol. The van der Waals surface area contributed by atoms with E-state index in [0.29, 0.717) is 17.8 Å². The zero-order chi connectivity index (χ0) is 18.0. The second kappa shape index (κ2) is 6.63. The van der Waals surface area contributed by atoms with Crippen LogP contribution >= 0.6 is 0 Å². The maximum Gasteiger partial charge on any atom is 0.416 e. The van der Waals surface area contributed by atoms with E-state index in [1.54, 1.807) is 6.07 Å². The van der Waals surface area contributed by atoms with E-state index in [2.05, 4.69) is 17.2 Å². The summed E-state index contributed by atoms with van der Waals surface area (Å²) in [5.74, 6) is -0.281. The quantitative estimate of drug-likeness (QED) is 0.805. The first-order valence-electron chi connectivity index (χ1n) is 7.84. The van der Waals surface area contributed by atoms with Gasteiger partial charge in [-0.15, -0.1) is 0 Å². The lowest BCUT2D eigenvalue weighted by Crippen LogP contribution is -2.19. The molecule has 0 heterocycles. The Morgan fingerprint density at radius 2 is 1.84 bits per heavy atom. The lowest BCUT2D eigenvalue weighted by atomic mass is 10.1. The minimum atomic E-state index is -4.35. The first-order valence-corrected chi connectivity index (χ1v) is 7.84. The fourth-order valence-electron chi connectivity index (χ4n) is 3.01. The molecule has 0 aromatic heterocycles. The zero-order valence-corrected chi connectivity index (χ0v) is 13.4. The van der Waals surface area contributed by atoms with E-state index in [4.69, 9.17) is 0 Å². The number of amides is 1. The Morgan fingerprint density at radius 3 is 2.56 bits per heavy atom. The molecule has 1 atom stereocenters. The van der Waals surface area contributed by atoms with Gasteiger partial charge in [0.15, 0.2) is 0 Å². The number of hydrogen-bond donors (Lipinski definition) is 2. The second-order valence-corrected chi connectivity index (χ2v) is 6.00. The standard InChI is InChI=1S/C19H17F3N2O/c1-2-18(25)24-16-7-6-12-8-17(10-13(12)9-16)23-15-5-3-4-14(11-15)19(20,21)22/h2-7,9,11,17,23H,1,8,10H2,(H,24,25). The number of hydrogen-bond acceptors (Lipinski definition) is 2. The van der Waals surface area contributed by atoms with Gasteiger partial charge in [0.1, 0.15) is 0 Å². The summed E-state index contributed by atoms with van der Waals surface area (Å²) in [6.07, 6.45) is -1.75. The molecule has 130 valence electrons. The highest BCUT2D eigenvalue weighted by molar-refractivity contribution is 5.98. The minimum Gasteiger partial charge on any atom is -0.382 e. The number of fused-ring (bicyclic) bond motifs is 1. The van der Waals surface area contributed by atoms with E-state index in [9.17, 15) is 18.0 Å². The average Bonchev–Trinajstić information content (AvgIpc) is 2.95. The zero-order valence-electron chi connectivity index (χ0n) is 13.4. The number of rotatable bonds is 4. The first-order chi connectivity index (χ1) is 11.8. The molecule has 3 nitrogen and oxygen atoms in total. The van der Waals surface area contributed by atoms with Crippen molar-refractivity contribution in [3.63, 3.8) is 0 Å². The van der Waals surface area contributed by atoms with Crippen LogP contribution in [0.4, 0.5) is 24.5 Å². The monoisotopic (exact) mass is 346 g/mol. The summed E-state index contributed by atoms with van der Waals surface area (Å²) in [6, 6.07) is 10.9. The molecule has 0 saturated heterocycles. The minimum absolute atomic E-state index is 0.0174. The molecule has 1 aliphatic carbocycles. The highest BCUT2D eigenvalue weighted by atomic mass is 19.4. The second-order valence-electron chi connectivity index (χ2n) is 6.00. The van der Waals surface area contributed by atoms with Crippen LogP contribution in [0, 0.1) is 0 Å². The van der Waals surface area contributed by atoms with Gasteiger partial charge < -0.3 is 10.6 Å². The van der Waals surface area contributed by atoms with Crippen molar-refractivity contribution in [2.45, 2.75) is 25.1 Å². The van der Waals surface area contributed by atoms with E-state index in [-0.39, 0.29) is 11.9 Å². The Hall–Kier alpha value is -2.76. The highest BCUT2D eigenvalue weighted by Gasteiger charge is 2.30. The van der Waals surface area contributed by atoms with E-state index >= 15 is 0 Å². The topological polar surface area (TPSA) is 41.1 Å². The smallest absolute Gasteiger partial charge is 0.382 e. The van der Waals surface area contributed by atoms with Crippen molar-refractivity contribution in [2.75, 3.05) is 10.6 Å². The van der Waals surface area contributed by atoms with Crippen molar-refractivity contribution in [1.29, 1.82) is 0 Å². The predicted molar refractivity (Wildman–Crippen MR) is 91.5 cm³/mol. The third-order valence-corrected chi connectivity index (χ3v) is 4.15. The number of nitrogens with one attached hydrogen (secondary N) is 2. The van der Waals surface area contributed by atoms with Crippen LogP contribution in [0.1, 0.15) is 16.7 Å². The third kappa shape index (κ3) is 4.02. The SMILES string of the molecule is C=CC(=O)Nc1ccc2c(c1)CC(Nc1cccc(C(F)(F)F)c1)C2. The van der Waals surface area contributed by atoms with Gasteiger partial charge in [-0.2, -0.15) is 13.2 Å². The Balaban J connectivity index is 1.70. The molecule has 0 bridgehead atoms. The van der Waals surface area contributed by atoms with Crippen molar-refractivity contribution in [3.8, 4) is 0 Å². The molecule has 0 fully saturated rings. The van der Waals surface area contributed by atoms with Gasteiger partial charge >= 0.3 is 6.18 Å². The summed E-state index contributed by atoms with van der Waals surface area (Å²) in [7, 11) is 0. The van der Waals surface area contributed by atoms with Gasteiger partial charge in [0, 0.05) is 17.4 Å². The molecule has 0 spiro atoms. The van der Waals surface area contributed by atoms with Crippen LogP contribution in [-0.4, -0.2) is 11.9 Å². The summed E-state index contributed by atoms with van der Waals surface area (Å²) in [5.41, 5.74) is 2.67. The molecule has 25 heavy (non-hydrogen) atoms. The summed E-state index contributed by atoms with van der Waals surface area (Å²) in [6.45, 7) is 3.41. The maximum absolute atomic E-state index is 12.8. The Labute approximate surface area is 143 Å². The van der Waals surface area contributed by atoms with Crippen LogP contribution < -0.4 is 10.6 Å². The van der Waals surface area contributed by atoms with E-state index in [1.807, 2.05) is 18.2 Å². The maximum atomic E-state index is 12.8. The van der Waals surface area contributed by atoms with Gasteiger partial charge in [-0.3, -0.25) is 4.79 Å². The largest absolute Gasteiger partial charge is 0.416 e. The summed E-state index contributed by atoms with van der Waals surface area (Å²) < 4.78 is 38.4. The number of carbonyl (C=O) groups excluding carboxylic acids is 1. The summed E-state index contributed by atoms with van der Waals surface area (Å²) >= 11 is 0. The average molecular weight is 346 g/mol. The van der Waals surface area contributed by atoms with Crippen molar-refractivity contribution in [3.05, 3.63) is 71.8 Å². The van der Waals surface area contributed by atoms with Crippen LogP contribution in [0.15, 0.2) is 55.1 Å². The van der Waals surface area contributed by atoms with Crippen LogP contribution in [0.25, 0.3) is 0 Å². The summed E-state index contributed by atoms with van der Waals surface area (Å²) in [5, 5.41) is 5.88. The molecule has 1 amide bonds. The van der Waals surface area contributed by atoms with Crippen molar-refractivity contribution in [1.82, 2.24) is 0 Å². The molecule has 1 unspecified atom stereocenters. The van der Waals surface area contributed by atoms with Gasteiger partial charge in [0.2, 0.25) is 5.91 Å². The number of carbonyl (C=O) groups is 1. The van der Waals surface area contributed by atoms with E-state index < -0.39 is 11.7 Å². The molecule has 2 N–H and O–H groups in total. The molecule has 0 radical (unpaired) electrons. The number of benzene rings is 2. The Morgan fingerprint density at radius 1 is 1.08 bits per heavy atom. The van der Waals surface area contributed by atoms with Crippen molar-refractivity contribution in [2.24, 2.45) is 0 Å². The molecule has 1 aliphatic rings. The number of halogens is 3. The first kappa shape index (κ1) is 17.1. The lowest BCUT2D eigenvalue weighted by molar-refractivity contribution is -0.137. The molecule has 3 rings (SSSR count). The normalized spacial score (nSPS) is 16.2. The van der Waals surface area contributed by atoms with Gasteiger partial charge in [0.05, 0.1) is 5.56 Å². The predicted octanol–water partition coefficient (Wildman–Crippen LogP) is 4.41. The Kier molecular flexibility index (Phi) is 4.53. The fraction of sp³-hybridized carbons (Fsp3) is 0.211. The summed E-state index contributed by atoms with van der Waals surface area (Å²) in [4.78, 5) is 11.4. The highest BCUT2D eigenvalue weighted by Crippen LogP contribution is 2.32. The Bertz CT molecular complexity index is 815. The fourth-order valence-corrected chi connectivity index (χ4v) is 3.01. The van der Waals surface area contributed by atoms with E-state index in [1.165, 1.54) is 12.1 Å². The third-order valence-electron chi connectivity index (χ3n) is 4.15. The molecule has 2 aromatic rings. The lowest BCUT2D eigenvalue weighted by Gasteiger charge is -2.15. The van der Waals surface area contributed by atoms with Crippen LogP contribution in [0.5, 0.6) is 0 Å². The van der Waals surface area contributed by atoms with E-state index in [0.717, 1.165) is 29.7 Å². The molecule has 0 aliphatic heterocycles. The molecule has 6 heteroatoms. The molecule has 2 aromatic carbocycles. The van der Waals surface area contributed by atoms with Gasteiger partial charge in [-0.1, -0.05) is 18.7 Å². The van der Waals surface area contributed by atoms with Crippen LogP contribution in [-0.2, 0) is 23.8 Å². The van der Waals surface area contributed by atoms with Gasteiger partial charge in [-0.25, -0.2) is 0 Å².